The van der Waals surface area contributed by atoms with Crippen molar-refractivity contribution in [3.05, 3.63) is 24.3 Å². The van der Waals surface area contributed by atoms with Crippen molar-refractivity contribution in [2.45, 2.75) is 130 Å². The molecular formula is C27H68N8O4P2. The van der Waals surface area contributed by atoms with Gasteiger partial charge in [0.2, 0.25) is 0 Å². The zero-order chi connectivity index (χ0) is 39.8. The summed E-state index contributed by atoms with van der Waals surface area (Å²) in [5.74, 6) is 0.581. The van der Waals surface area contributed by atoms with E-state index >= 15 is 0 Å². The molecule has 8 unspecified atom stereocenters. The summed E-state index contributed by atoms with van der Waals surface area (Å²) in [7, 11) is -5.44. The van der Waals surface area contributed by atoms with Crippen molar-refractivity contribution in [1.29, 1.82) is 0 Å². The van der Waals surface area contributed by atoms with Gasteiger partial charge in [-0.25, -0.2) is 29.5 Å². The molecule has 1 aromatic carbocycles. The molecule has 12 N–H and O–H groups in total. The monoisotopic (exact) mass is 639 g/mol. The van der Waals surface area contributed by atoms with Crippen molar-refractivity contribution in [2.24, 2.45) is 22.9 Å². The molecule has 0 saturated heterocycles. The number of benzene rings is 1. The minimum Gasteiger partial charge on any atom is -0.422 e. The van der Waals surface area contributed by atoms with Crippen LogP contribution in [0.4, 0.5) is 0 Å². The minimum absolute atomic E-state index is 0.0528. The molecule has 0 amide bonds. The fourth-order valence-corrected chi connectivity index (χ4v) is 7.60. The molecule has 0 saturated carbocycles. The van der Waals surface area contributed by atoms with E-state index in [4.69, 9.17) is 43.9 Å². The van der Waals surface area contributed by atoms with Gasteiger partial charge < -0.3 is 32.0 Å². The summed E-state index contributed by atoms with van der Waals surface area (Å²) in [6.45, 7) is 15.5. The smallest absolute Gasteiger partial charge is 0.390 e. The first-order valence-corrected chi connectivity index (χ1v) is 17.9. The summed E-state index contributed by atoms with van der Waals surface area (Å²) in [5, 5.41) is 11.8. The Balaban J connectivity index is -0.000000396. The normalized spacial score (nSPS) is 20.4. The second-order valence-electron chi connectivity index (χ2n) is 11.5. The SMILES string of the molecule is CCCC(C)N.CNP(=O)(NC(C)CC(C)N)Oc1cccc(OP(=O)(NC(C)CC(C)N)NC(C)CC(C)N)c1.[2H][2H].[2H][2H].[2H][2H].[2H][2H]. The molecule has 0 aliphatic rings. The van der Waals surface area contributed by atoms with Crippen LogP contribution in [0.15, 0.2) is 24.3 Å². The van der Waals surface area contributed by atoms with Crippen LogP contribution in [0.2, 0.25) is 0 Å². The number of hydrogen-bond donors (Lipinski definition) is 8. The van der Waals surface area contributed by atoms with Gasteiger partial charge in [-0.05, 0) is 93.3 Å². The Labute approximate surface area is 261 Å². The molecule has 12 nitrogen and oxygen atoms in total. The van der Waals surface area contributed by atoms with Crippen molar-refractivity contribution in [2.75, 3.05) is 7.05 Å². The van der Waals surface area contributed by atoms with Crippen LogP contribution in [0.3, 0.4) is 0 Å². The average molecular weight is 639 g/mol. The van der Waals surface area contributed by atoms with Crippen LogP contribution in [-0.2, 0) is 9.13 Å². The lowest BCUT2D eigenvalue weighted by atomic mass is 10.1. The van der Waals surface area contributed by atoms with E-state index in [-0.39, 0.29) is 42.0 Å². The fraction of sp³-hybridized carbons (Fsp3) is 0.778. The predicted molar refractivity (Wildman–Crippen MR) is 182 cm³/mol. The van der Waals surface area contributed by atoms with Gasteiger partial charge in [0, 0.05) is 60.2 Å². The topological polar surface area (TPSA) is 205 Å². The standard InChI is InChI=1S/C22H47N7O4P2.C5H13N.4H2/c1-15(23)11-18(4)27-34(30,26-7)32-21-9-8-10-22(14-21)33-35(31,28-19(5)12-16(2)24)29-20(6)13-17(3)25;1-3-4-5(2)6;;;;/h8-10,14-20H,11-13,23-25H2,1-7H3,(H2,26,27,30)(H2,28,29,31);5H,3-4,6H2,1-2H3;4*1H/i;;4*1+1D. The Morgan fingerprint density at radius 2 is 1.10 bits per heavy atom. The largest absolute Gasteiger partial charge is 0.422 e. The van der Waals surface area contributed by atoms with Crippen LogP contribution in [0.5, 0.6) is 11.5 Å². The average Bonchev–Trinajstić information content (AvgIpc) is 3.00. The third-order valence-electron chi connectivity index (χ3n) is 5.66. The van der Waals surface area contributed by atoms with Crippen LogP contribution < -0.4 is 52.3 Å². The van der Waals surface area contributed by atoms with Crippen molar-refractivity contribution >= 4 is 15.3 Å². The van der Waals surface area contributed by atoms with Gasteiger partial charge in [0.05, 0.1) is 0 Å². The molecule has 41 heavy (non-hydrogen) atoms. The van der Waals surface area contributed by atoms with Crippen molar-refractivity contribution in [3.8, 4) is 11.5 Å². The minimum atomic E-state index is -3.56. The maximum Gasteiger partial charge on any atom is 0.390 e. The fourth-order valence-electron chi connectivity index (χ4n) is 4.27. The van der Waals surface area contributed by atoms with E-state index in [0.717, 1.165) is 6.42 Å². The summed E-state index contributed by atoms with van der Waals surface area (Å²) in [6.07, 6.45) is 4.20. The van der Waals surface area contributed by atoms with Crippen LogP contribution in [0.1, 0.15) is 99.4 Å². The van der Waals surface area contributed by atoms with E-state index in [2.05, 4.69) is 27.3 Å². The number of nitrogens with one attached hydrogen (secondary N) is 4. The summed E-state index contributed by atoms with van der Waals surface area (Å²) in [6, 6.07) is 6.25. The Morgan fingerprint density at radius 3 is 1.39 bits per heavy atom. The molecule has 0 fully saturated rings. The third-order valence-corrected chi connectivity index (χ3v) is 9.53. The zero-order valence-electron chi connectivity index (χ0n) is 34.7. The summed E-state index contributed by atoms with van der Waals surface area (Å²) >= 11 is 0. The Hall–Kier alpha value is -1.04. The molecule has 0 radical (unpaired) electrons. The van der Waals surface area contributed by atoms with Gasteiger partial charge in [0.1, 0.15) is 11.5 Å². The van der Waals surface area contributed by atoms with Gasteiger partial charge in [0.25, 0.3) is 0 Å². The lowest BCUT2D eigenvalue weighted by molar-refractivity contribution is 0.412. The van der Waals surface area contributed by atoms with Crippen LogP contribution in [0.25, 0.3) is 0 Å². The van der Waals surface area contributed by atoms with E-state index in [1.165, 1.54) is 6.42 Å². The molecule has 0 heterocycles. The summed E-state index contributed by atoms with van der Waals surface area (Å²) < 4.78 is 78.7. The number of rotatable bonds is 19. The molecule has 0 spiro atoms. The van der Waals surface area contributed by atoms with Gasteiger partial charge in [-0.2, -0.15) is 0 Å². The van der Waals surface area contributed by atoms with Gasteiger partial charge >= 0.3 is 15.3 Å². The second kappa shape index (κ2) is 20.0. The number of hydrogen-bond acceptors (Lipinski definition) is 8. The van der Waals surface area contributed by atoms with E-state index in [1.54, 1.807) is 31.3 Å². The molecule has 0 aromatic heterocycles. The van der Waals surface area contributed by atoms with Gasteiger partial charge in [0.15, 0.2) is 0 Å². The lowest BCUT2D eigenvalue weighted by Gasteiger charge is -2.28. The lowest BCUT2D eigenvalue weighted by Crippen LogP contribution is -2.39. The van der Waals surface area contributed by atoms with E-state index in [1.807, 2.05) is 48.5 Å². The van der Waals surface area contributed by atoms with E-state index < -0.39 is 15.3 Å². The van der Waals surface area contributed by atoms with Crippen molar-refractivity contribution < 1.29 is 30.1 Å². The highest BCUT2D eigenvalue weighted by molar-refractivity contribution is 7.55. The third kappa shape index (κ3) is 19.7. The summed E-state index contributed by atoms with van der Waals surface area (Å²) in [5.41, 5.74) is 23.1. The maximum absolute atomic E-state index is 13.8. The first-order chi connectivity index (χ1) is 22.9. The van der Waals surface area contributed by atoms with Gasteiger partial charge in [-0.3, -0.25) is 0 Å². The highest BCUT2D eigenvalue weighted by Gasteiger charge is 2.30. The van der Waals surface area contributed by atoms with Crippen LogP contribution in [-0.4, -0.2) is 49.3 Å². The maximum atomic E-state index is 13.8. The van der Waals surface area contributed by atoms with Gasteiger partial charge in [-0.15, -0.1) is 0 Å². The summed E-state index contributed by atoms with van der Waals surface area (Å²) in [4.78, 5) is 0. The Bertz CT molecular complexity index is 946. The Kier molecular flexibility index (Phi) is 16.0. The number of nitrogens with two attached hydrogens (primary N) is 4. The molecule has 14 heteroatoms. The van der Waals surface area contributed by atoms with Crippen molar-refractivity contribution in [3.63, 3.8) is 0 Å². The highest BCUT2D eigenvalue weighted by Crippen LogP contribution is 2.44. The predicted octanol–water partition coefficient (Wildman–Crippen LogP) is 5.14. The molecule has 250 valence electrons. The van der Waals surface area contributed by atoms with Crippen LogP contribution in [0, 0.1) is 0 Å². The van der Waals surface area contributed by atoms with Crippen LogP contribution >= 0.6 is 15.3 Å². The van der Waals surface area contributed by atoms with E-state index in [0.29, 0.717) is 31.1 Å². The molecule has 8 atom stereocenters. The second-order valence-corrected chi connectivity index (χ2v) is 15.3. The molecule has 0 aliphatic heterocycles. The molecule has 0 bridgehead atoms. The first-order valence-electron chi connectivity index (χ1n) is 18.7. The molecule has 1 rings (SSSR count). The zero-order valence-corrected chi connectivity index (χ0v) is 28.5. The molecule has 1 aromatic rings. The highest BCUT2D eigenvalue weighted by atomic mass is 31.2. The molecular weight excluding hydrogens is 562 g/mol. The van der Waals surface area contributed by atoms with Gasteiger partial charge in [-0.1, -0.05) is 19.4 Å². The first kappa shape index (κ1) is 32.9. The molecule has 0 aliphatic carbocycles. The van der Waals surface area contributed by atoms with Crippen molar-refractivity contribution in [1.82, 2.24) is 20.3 Å². The quantitative estimate of drug-likeness (QED) is 0.0927. The Morgan fingerprint density at radius 1 is 0.732 bits per heavy atom. The van der Waals surface area contributed by atoms with E-state index in [9.17, 15) is 9.13 Å².